The van der Waals surface area contributed by atoms with Gasteiger partial charge in [0.15, 0.2) is 0 Å². The van der Waals surface area contributed by atoms with Crippen LogP contribution in [0.25, 0.3) is 6.08 Å². The number of carbonyl (C=O) groups is 1. The average molecular weight is 244 g/mol. The fraction of sp³-hybridized carbons (Fsp3) is 0.182. The largest absolute Gasteiger partial charge is 0.353 e. The van der Waals surface area contributed by atoms with Crippen LogP contribution >= 0.6 is 23.2 Å². The third kappa shape index (κ3) is 3.94. The molecule has 1 amide bonds. The molecule has 0 spiro atoms. The monoisotopic (exact) mass is 243 g/mol. The summed E-state index contributed by atoms with van der Waals surface area (Å²) in [4.78, 5) is 11.1. The van der Waals surface area contributed by atoms with Crippen molar-refractivity contribution in [1.82, 2.24) is 5.32 Å². The van der Waals surface area contributed by atoms with Gasteiger partial charge in [-0.3, -0.25) is 4.79 Å². The van der Waals surface area contributed by atoms with E-state index in [1.807, 2.05) is 6.92 Å². The first-order valence-electron chi connectivity index (χ1n) is 4.54. The number of benzene rings is 1. The number of amides is 1. The Morgan fingerprint density at radius 3 is 2.87 bits per heavy atom. The number of nitrogens with one attached hydrogen (secondary N) is 1. The Kier molecular flexibility index (Phi) is 4.66. The van der Waals surface area contributed by atoms with E-state index >= 15 is 0 Å². The molecule has 0 saturated heterocycles. The fourth-order valence-corrected chi connectivity index (χ4v) is 1.40. The van der Waals surface area contributed by atoms with Crippen molar-refractivity contribution in [1.29, 1.82) is 0 Å². The molecule has 0 fully saturated rings. The van der Waals surface area contributed by atoms with Crippen molar-refractivity contribution in [2.45, 2.75) is 6.92 Å². The molecular formula is C11H11Cl2NO. The van der Waals surface area contributed by atoms with Crippen molar-refractivity contribution in [3.63, 3.8) is 0 Å². The molecule has 2 nitrogen and oxygen atoms in total. The van der Waals surface area contributed by atoms with E-state index in [1.54, 1.807) is 24.3 Å². The van der Waals surface area contributed by atoms with Gasteiger partial charge in [-0.1, -0.05) is 23.2 Å². The van der Waals surface area contributed by atoms with Gasteiger partial charge in [-0.15, -0.1) is 0 Å². The Balaban J connectivity index is 2.79. The van der Waals surface area contributed by atoms with Crippen LogP contribution in [0.3, 0.4) is 0 Å². The molecule has 1 rings (SSSR count). The first kappa shape index (κ1) is 12.1. The van der Waals surface area contributed by atoms with Gasteiger partial charge in [-0.25, -0.2) is 0 Å². The Labute approximate surface area is 98.9 Å². The van der Waals surface area contributed by atoms with Crippen molar-refractivity contribution in [3.05, 3.63) is 39.9 Å². The van der Waals surface area contributed by atoms with Gasteiger partial charge < -0.3 is 5.32 Å². The molecule has 0 saturated carbocycles. The van der Waals surface area contributed by atoms with Crippen LogP contribution in [-0.2, 0) is 4.79 Å². The van der Waals surface area contributed by atoms with Gasteiger partial charge in [0.05, 0.1) is 0 Å². The van der Waals surface area contributed by atoms with E-state index < -0.39 is 0 Å². The number of hydrogen-bond donors (Lipinski definition) is 1. The SMILES string of the molecule is CCNC(=O)/C=C/c1cc(Cl)ccc1Cl. The molecule has 0 aliphatic rings. The van der Waals surface area contributed by atoms with E-state index in [1.165, 1.54) is 6.08 Å². The summed E-state index contributed by atoms with van der Waals surface area (Å²) in [5.41, 5.74) is 0.732. The van der Waals surface area contributed by atoms with Crippen molar-refractivity contribution >= 4 is 35.2 Å². The lowest BCUT2D eigenvalue weighted by Crippen LogP contribution is -2.19. The Morgan fingerprint density at radius 1 is 1.47 bits per heavy atom. The molecule has 0 atom stereocenters. The summed E-state index contributed by atoms with van der Waals surface area (Å²) < 4.78 is 0. The smallest absolute Gasteiger partial charge is 0.243 e. The van der Waals surface area contributed by atoms with E-state index in [2.05, 4.69) is 5.32 Å². The molecule has 0 heterocycles. The van der Waals surface area contributed by atoms with Crippen molar-refractivity contribution in [2.75, 3.05) is 6.54 Å². The lowest BCUT2D eigenvalue weighted by molar-refractivity contribution is -0.116. The molecule has 0 aliphatic heterocycles. The molecule has 0 unspecified atom stereocenters. The van der Waals surface area contributed by atoms with Gasteiger partial charge in [0.25, 0.3) is 0 Å². The van der Waals surface area contributed by atoms with Crippen LogP contribution in [0.5, 0.6) is 0 Å². The molecule has 1 aromatic carbocycles. The van der Waals surface area contributed by atoms with E-state index in [0.29, 0.717) is 16.6 Å². The Morgan fingerprint density at radius 2 is 2.20 bits per heavy atom. The third-order valence-electron chi connectivity index (χ3n) is 1.72. The second-order valence-corrected chi connectivity index (χ2v) is 3.74. The number of hydrogen-bond acceptors (Lipinski definition) is 1. The number of halogens is 2. The van der Waals surface area contributed by atoms with Gasteiger partial charge >= 0.3 is 0 Å². The van der Waals surface area contributed by atoms with Gasteiger partial charge in [0.1, 0.15) is 0 Å². The highest BCUT2D eigenvalue weighted by Crippen LogP contribution is 2.21. The van der Waals surface area contributed by atoms with Crippen LogP contribution < -0.4 is 5.32 Å². The summed E-state index contributed by atoms with van der Waals surface area (Å²) in [6.07, 6.45) is 3.07. The van der Waals surface area contributed by atoms with E-state index in [4.69, 9.17) is 23.2 Å². The zero-order valence-corrected chi connectivity index (χ0v) is 9.77. The molecule has 15 heavy (non-hydrogen) atoms. The first-order valence-corrected chi connectivity index (χ1v) is 5.30. The van der Waals surface area contributed by atoms with E-state index in [-0.39, 0.29) is 5.91 Å². The minimum Gasteiger partial charge on any atom is -0.353 e. The van der Waals surface area contributed by atoms with Crippen molar-refractivity contribution < 1.29 is 4.79 Å². The average Bonchev–Trinajstić information content (AvgIpc) is 2.20. The predicted molar refractivity (Wildman–Crippen MR) is 64.2 cm³/mol. The highest BCUT2D eigenvalue weighted by molar-refractivity contribution is 6.34. The molecule has 0 radical (unpaired) electrons. The fourth-order valence-electron chi connectivity index (χ4n) is 1.04. The summed E-state index contributed by atoms with van der Waals surface area (Å²) in [5.74, 6) is -0.145. The minimum absolute atomic E-state index is 0.145. The van der Waals surface area contributed by atoms with Gasteiger partial charge in [0.2, 0.25) is 5.91 Å². The number of rotatable bonds is 3. The number of carbonyl (C=O) groups excluding carboxylic acids is 1. The molecule has 0 aromatic heterocycles. The first-order chi connectivity index (χ1) is 7.13. The topological polar surface area (TPSA) is 29.1 Å². The highest BCUT2D eigenvalue weighted by Gasteiger charge is 1.98. The summed E-state index contributed by atoms with van der Waals surface area (Å²) >= 11 is 11.7. The summed E-state index contributed by atoms with van der Waals surface area (Å²) in [6.45, 7) is 2.46. The Hall–Kier alpha value is -0.990. The zero-order valence-electron chi connectivity index (χ0n) is 8.26. The van der Waals surface area contributed by atoms with Crippen LogP contribution in [0.1, 0.15) is 12.5 Å². The second-order valence-electron chi connectivity index (χ2n) is 2.89. The van der Waals surface area contributed by atoms with Gasteiger partial charge in [-0.2, -0.15) is 0 Å². The van der Waals surface area contributed by atoms with Gasteiger partial charge in [-0.05, 0) is 36.8 Å². The maximum absolute atomic E-state index is 11.1. The van der Waals surface area contributed by atoms with Crippen molar-refractivity contribution in [2.24, 2.45) is 0 Å². The van der Waals surface area contributed by atoms with Crippen LogP contribution in [0.4, 0.5) is 0 Å². The maximum Gasteiger partial charge on any atom is 0.243 e. The third-order valence-corrected chi connectivity index (χ3v) is 2.30. The molecule has 80 valence electrons. The van der Waals surface area contributed by atoms with Crippen molar-refractivity contribution in [3.8, 4) is 0 Å². The molecule has 4 heteroatoms. The predicted octanol–water partition coefficient (Wildman–Crippen LogP) is 3.14. The second kappa shape index (κ2) is 5.79. The highest BCUT2D eigenvalue weighted by atomic mass is 35.5. The standard InChI is InChI=1S/C11H11Cl2NO/c1-2-14-11(15)6-3-8-7-9(12)4-5-10(8)13/h3-7H,2H2,1H3,(H,14,15)/b6-3+. The van der Waals surface area contributed by atoms with Crippen LogP contribution in [-0.4, -0.2) is 12.5 Å². The van der Waals surface area contributed by atoms with Crippen LogP contribution in [0, 0.1) is 0 Å². The minimum atomic E-state index is -0.145. The lowest BCUT2D eigenvalue weighted by atomic mass is 10.2. The van der Waals surface area contributed by atoms with Crippen LogP contribution in [0.2, 0.25) is 10.0 Å². The molecular weight excluding hydrogens is 233 g/mol. The zero-order chi connectivity index (χ0) is 11.3. The summed E-state index contributed by atoms with van der Waals surface area (Å²) in [5, 5.41) is 3.81. The quantitative estimate of drug-likeness (QED) is 0.813. The Bertz CT molecular complexity index is 388. The van der Waals surface area contributed by atoms with Crippen LogP contribution in [0.15, 0.2) is 24.3 Å². The lowest BCUT2D eigenvalue weighted by Gasteiger charge is -1.99. The normalized spacial score (nSPS) is 10.6. The van der Waals surface area contributed by atoms with Gasteiger partial charge in [0, 0.05) is 22.7 Å². The van der Waals surface area contributed by atoms with E-state index in [9.17, 15) is 4.79 Å². The maximum atomic E-state index is 11.1. The van der Waals surface area contributed by atoms with E-state index in [0.717, 1.165) is 5.56 Å². The summed E-state index contributed by atoms with van der Waals surface area (Å²) in [6, 6.07) is 5.11. The summed E-state index contributed by atoms with van der Waals surface area (Å²) in [7, 11) is 0. The molecule has 1 N–H and O–H groups in total. The molecule has 0 aliphatic carbocycles. The number of likely N-dealkylation sites (N-methyl/N-ethyl adjacent to an activating group) is 1. The molecule has 1 aromatic rings. The molecule has 0 bridgehead atoms.